The minimum atomic E-state index is -3.95. The van der Waals surface area contributed by atoms with Crippen LogP contribution in [-0.2, 0) is 32.7 Å². The lowest BCUT2D eigenvalue weighted by Gasteiger charge is -2.21. The zero-order chi connectivity index (χ0) is 29.6. The van der Waals surface area contributed by atoms with Crippen molar-refractivity contribution in [3.05, 3.63) is 116 Å². The first-order chi connectivity index (χ1) is 19.5. The Hall–Kier alpha value is -3.38. The van der Waals surface area contributed by atoms with Gasteiger partial charge in [-0.3, -0.25) is 9.59 Å². The SMILES string of the molecule is O=C(N/N=C/c1ccc(CN(Cc2ccc(Cl)cc2)S(=O)(=O)c2ccc(Cl)cc2)o1)C(=O)Nc1ccc(Cl)c(Cl)c1. The Morgan fingerprint density at radius 1 is 0.805 bits per heavy atom. The second-order valence-corrected chi connectivity index (χ2v) is 12.1. The van der Waals surface area contributed by atoms with Crippen molar-refractivity contribution in [3.63, 3.8) is 0 Å². The van der Waals surface area contributed by atoms with Gasteiger partial charge in [0.05, 0.1) is 27.7 Å². The quantitative estimate of drug-likeness (QED) is 0.123. The number of hydrogen-bond donors (Lipinski definition) is 2. The molecule has 41 heavy (non-hydrogen) atoms. The lowest BCUT2D eigenvalue weighted by Crippen LogP contribution is -2.32. The van der Waals surface area contributed by atoms with Crippen LogP contribution in [0.25, 0.3) is 0 Å². The minimum absolute atomic E-state index is 0.0379. The molecule has 3 aromatic carbocycles. The fraction of sp³-hybridized carbons (Fsp3) is 0.0741. The van der Waals surface area contributed by atoms with E-state index < -0.39 is 21.8 Å². The maximum absolute atomic E-state index is 13.5. The molecule has 14 heteroatoms. The molecule has 0 saturated carbocycles. The molecule has 1 aromatic heterocycles. The summed E-state index contributed by atoms with van der Waals surface area (Å²) in [5, 5.41) is 7.53. The smallest absolute Gasteiger partial charge is 0.329 e. The van der Waals surface area contributed by atoms with Gasteiger partial charge in [0.2, 0.25) is 10.0 Å². The van der Waals surface area contributed by atoms with Gasteiger partial charge >= 0.3 is 11.8 Å². The summed E-state index contributed by atoms with van der Waals surface area (Å²) in [7, 11) is -3.95. The molecule has 4 rings (SSSR count). The van der Waals surface area contributed by atoms with Crippen molar-refractivity contribution < 1.29 is 22.4 Å². The second-order valence-electron chi connectivity index (χ2n) is 8.44. The van der Waals surface area contributed by atoms with Crippen molar-refractivity contribution in [2.75, 3.05) is 5.32 Å². The number of hydrazone groups is 1. The fourth-order valence-electron chi connectivity index (χ4n) is 3.46. The molecule has 0 fully saturated rings. The maximum Gasteiger partial charge on any atom is 0.329 e. The summed E-state index contributed by atoms with van der Waals surface area (Å²) in [4.78, 5) is 24.2. The molecule has 0 aliphatic carbocycles. The van der Waals surface area contributed by atoms with Crippen molar-refractivity contribution >= 4 is 80.1 Å². The van der Waals surface area contributed by atoms with Crippen LogP contribution >= 0.6 is 46.4 Å². The summed E-state index contributed by atoms with van der Waals surface area (Å²) in [5.74, 6) is -1.50. The summed E-state index contributed by atoms with van der Waals surface area (Å²) in [6.07, 6.45) is 1.17. The molecule has 0 unspecified atom stereocenters. The fourth-order valence-corrected chi connectivity index (χ4v) is 5.41. The molecule has 0 aliphatic rings. The molecule has 0 aliphatic heterocycles. The zero-order valence-electron chi connectivity index (χ0n) is 20.9. The minimum Gasteiger partial charge on any atom is -0.459 e. The number of furan rings is 1. The Morgan fingerprint density at radius 3 is 2.12 bits per heavy atom. The number of hydrogen-bond acceptors (Lipinski definition) is 6. The predicted octanol–water partition coefficient (Wildman–Crippen LogP) is 6.37. The molecular weight excluding hydrogens is 634 g/mol. The third kappa shape index (κ3) is 8.32. The number of amides is 2. The number of rotatable bonds is 9. The summed E-state index contributed by atoms with van der Waals surface area (Å²) < 4.78 is 33.9. The van der Waals surface area contributed by atoms with Crippen molar-refractivity contribution in [1.82, 2.24) is 9.73 Å². The Morgan fingerprint density at radius 2 is 1.46 bits per heavy atom. The Kier molecular flexibility index (Phi) is 10.1. The van der Waals surface area contributed by atoms with Crippen LogP contribution in [0.15, 0.2) is 93.3 Å². The average Bonchev–Trinajstić information content (AvgIpc) is 3.39. The molecule has 0 atom stereocenters. The lowest BCUT2D eigenvalue weighted by molar-refractivity contribution is -0.136. The third-order valence-corrected chi connectivity index (χ3v) is 8.53. The van der Waals surface area contributed by atoms with Crippen LogP contribution in [0.2, 0.25) is 20.1 Å². The van der Waals surface area contributed by atoms with Crippen molar-refractivity contribution in [2.24, 2.45) is 5.10 Å². The van der Waals surface area contributed by atoms with Gasteiger partial charge in [0.25, 0.3) is 0 Å². The molecule has 1 heterocycles. The molecule has 0 spiro atoms. The van der Waals surface area contributed by atoms with Crippen LogP contribution in [-0.4, -0.2) is 30.8 Å². The number of nitrogens with zero attached hydrogens (tertiary/aromatic N) is 2. The van der Waals surface area contributed by atoms with Crippen molar-refractivity contribution in [2.45, 2.75) is 18.0 Å². The second kappa shape index (κ2) is 13.5. The van der Waals surface area contributed by atoms with E-state index in [4.69, 9.17) is 50.8 Å². The van der Waals surface area contributed by atoms with E-state index in [-0.39, 0.29) is 34.5 Å². The number of carbonyl (C=O) groups excluding carboxylic acids is 2. The number of sulfonamides is 1. The molecule has 2 N–H and O–H groups in total. The van der Waals surface area contributed by atoms with Gasteiger partial charge < -0.3 is 9.73 Å². The summed E-state index contributed by atoms with van der Waals surface area (Å²) in [6.45, 7) is -0.0733. The highest BCUT2D eigenvalue weighted by Crippen LogP contribution is 2.25. The lowest BCUT2D eigenvalue weighted by atomic mass is 10.2. The molecule has 212 valence electrons. The third-order valence-electron chi connectivity index (χ3n) is 5.48. The van der Waals surface area contributed by atoms with E-state index in [2.05, 4.69) is 15.8 Å². The molecule has 2 amide bonds. The number of carbonyl (C=O) groups is 2. The van der Waals surface area contributed by atoms with Crippen LogP contribution in [0.4, 0.5) is 5.69 Å². The normalized spacial score (nSPS) is 11.6. The Labute approximate surface area is 255 Å². The van der Waals surface area contributed by atoms with Gasteiger partial charge in [0.1, 0.15) is 11.5 Å². The van der Waals surface area contributed by atoms with Crippen LogP contribution in [0.1, 0.15) is 17.1 Å². The topological polar surface area (TPSA) is 121 Å². The van der Waals surface area contributed by atoms with Gasteiger partial charge in [-0.1, -0.05) is 58.5 Å². The molecule has 0 saturated heterocycles. The summed E-state index contributed by atoms with van der Waals surface area (Å²) in [6, 6.07) is 20.1. The predicted molar refractivity (Wildman–Crippen MR) is 159 cm³/mol. The van der Waals surface area contributed by atoms with E-state index >= 15 is 0 Å². The highest BCUT2D eigenvalue weighted by atomic mass is 35.5. The summed E-state index contributed by atoms with van der Waals surface area (Å²) in [5.41, 5.74) is 3.07. The zero-order valence-corrected chi connectivity index (χ0v) is 24.7. The first-order valence-corrected chi connectivity index (χ1v) is 14.6. The van der Waals surface area contributed by atoms with E-state index in [1.165, 1.54) is 59.1 Å². The van der Waals surface area contributed by atoms with E-state index in [1.54, 1.807) is 30.3 Å². The maximum atomic E-state index is 13.5. The van der Waals surface area contributed by atoms with Crippen LogP contribution in [0.5, 0.6) is 0 Å². The van der Waals surface area contributed by atoms with Crippen molar-refractivity contribution in [3.8, 4) is 0 Å². The van der Waals surface area contributed by atoms with Crippen LogP contribution in [0, 0.1) is 0 Å². The number of benzene rings is 3. The molecule has 0 radical (unpaired) electrons. The van der Waals surface area contributed by atoms with Gasteiger partial charge in [0, 0.05) is 22.3 Å². The number of nitrogens with one attached hydrogen (secondary N) is 2. The first kappa shape index (κ1) is 30.6. The molecular formula is C27H20Cl4N4O5S. The highest BCUT2D eigenvalue weighted by molar-refractivity contribution is 7.89. The Balaban J connectivity index is 1.43. The van der Waals surface area contributed by atoms with Crippen molar-refractivity contribution in [1.29, 1.82) is 0 Å². The largest absolute Gasteiger partial charge is 0.459 e. The summed E-state index contributed by atoms with van der Waals surface area (Å²) >= 11 is 23.7. The van der Waals surface area contributed by atoms with Gasteiger partial charge in [-0.25, -0.2) is 13.8 Å². The highest BCUT2D eigenvalue weighted by Gasteiger charge is 2.26. The van der Waals surface area contributed by atoms with Gasteiger partial charge in [-0.05, 0) is 72.3 Å². The van der Waals surface area contributed by atoms with E-state index in [9.17, 15) is 18.0 Å². The number of anilines is 1. The van der Waals surface area contributed by atoms with Gasteiger partial charge in [-0.2, -0.15) is 9.41 Å². The monoisotopic (exact) mass is 652 g/mol. The average molecular weight is 654 g/mol. The van der Waals surface area contributed by atoms with Crippen LogP contribution < -0.4 is 10.7 Å². The van der Waals surface area contributed by atoms with E-state index in [0.717, 1.165) is 0 Å². The Bertz CT molecular complexity index is 1690. The van der Waals surface area contributed by atoms with E-state index in [0.29, 0.717) is 26.4 Å². The van der Waals surface area contributed by atoms with Gasteiger partial charge in [0.15, 0.2) is 0 Å². The van der Waals surface area contributed by atoms with Crippen LogP contribution in [0.3, 0.4) is 0 Å². The molecule has 0 bridgehead atoms. The molecule has 4 aromatic rings. The number of halogens is 4. The molecule has 9 nitrogen and oxygen atoms in total. The first-order valence-electron chi connectivity index (χ1n) is 11.7. The van der Waals surface area contributed by atoms with Gasteiger partial charge in [-0.15, -0.1) is 0 Å². The standard InChI is InChI=1S/C27H20Cl4N4O5S/c28-18-3-1-17(2-4-18)15-35(41(38,39)23-10-5-19(29)6-11-23)16-22-9-8-21(40-22)14-32-34-27(37)26(36)33-20-7-12-24(30)25(31)13-20/h1-14H,15-16H2,(H,33,36)(H,34,37)/b32-14+. The van der Waals surface area contributed by atoms with E-state index in [1.807, 2.05) is 0 Å².